The standard InChI is InChI=1S/C27H32O3/c1-6-7-20-12-23(14-21-8-16(2)25(28)17(3)9-21)27(30)24(13-20)15-22-10-18(4)26(29)19(5)11-22/h8-13,28-30H,6-7,14-15H2,1-5H3. The van der Waals surface area contributed by atoms with Crippen LogP contribution >= 0.6 is 0 Å². The summed E-state index contributed by atoms with van der Waals surface area (Å²) in [5, 5.41) is 31.2. The first-order valence-electron chi connectivity index (χ1n) is 10.6. The number of aromatic hydroxyl groups is 3. The lowest BCUT2D eigenvalue weighted by atomic mass is 9.92. The highest BCUT2D eigenvalue weighted by Gasteiger charge is 2.14. The van der Waals surface area contributed by atoms with E-state index < -0.39 is 0 Å². The molecular weight excluding hydrogens is 372 g/mol. The second kappa shape index (κ2) is 8.83. The van der Waals surface area contributed by atoms with Crippen LogP contribution in [0.2, 0.25) is 0 Å². The molecule has 0 atom stereocenters. The van der Waals surface area contributed by atoms with Crippen molar-refractivity contribution in [2.75, 3.05) is 0 Å². The van der Waals surface area contributed by atoms with Crippen molar-refractivity contribution >= 4 is 0 Å². The molecule has 0 aliphatic rings. The molecule has 30 heavy (non-hydrogen) atoms. The van der Waals surface area contributed by atoms with Gasteiger partial charge in [-0.1, -0.05) is 49.7 Å². The Bertz CT molecular complexity index is 953. The highest BCUT2D eigenvalue weighted by molar-refractivity contribution is 5.51. The number of phenolic OH excluding ortho intramolecular Hbond substituents is 3. The molecule has 0 aliphatic carbocycles. The quantitative estimate of drug-likeness (QED) is 0.460. The van der Waals surface area contributed by atoms with E-state index in [1.165, 1.54) is 5.56 Å². The molecule has 0 heterocycles. The number of rotatable bonds is 6. The van der Waals surface area contributed by atoms with E-state index in [-0.39, 0.29) is 0 Å². The van der Waals surface area contributed by atoms with E-state index >= 15 is 0 Å². The predicted molar refractivity (Wildman–Crippen MR) is 123 cm³/mol. The molecule has 0 amide bonds. The third-order valence-electron chi connectivity index (χ3n) is 5.76. The van der Waals surface area contributed by atoms with Crippen molar-refractivity contribution in [1.82, 2.24) is 0 Å². The lowest BCUT2D eigenvalue weighted by molar-refractivity contribution is 0.462. The highest BCUT2D eigenvalue weighted by atomic mass is 16.3. The van der Waals surface area contributed by atoms with Gasteiger partial charge in [0.05, 0.1) is 0 Å². The van der Waals surface area contributed by atoms with Crippen LogP contribution in [-0.4, -0.2) is 15.3 Å². The van der Waals surface area contributed by atoms with Gasteiger partial charge in [0.15, 0.2) is 0 Å². The first kappa shape index (κ1) is 21.8. The molecule has 3 rings (SSSR count). The number of phenols is 3. The highest BCUT2D eigenvalue weighted by Crippen LogP contribution is 2.32. The van der Waals surface area contributed by atoms with Crippen LogP contribution in [0.25, 0.3) is 0 Å². The minimum absolute atomic E-state index is 0.335. The van der Waals surface area contributed by atoms with Gasteiger partial charge in [-0.25, -0.2) is 0 Å². The molecule has 0 fully saturated rings. The minimum Gasteiger partial charge on any atom is -0.507 e. The second-order valence-electron chi connectivity index (χ2n) is 8.52. The smallest absolute Gasteiger partial charge is 0.122 e. The van der Waals surface area contributed by atoms with Gasteiger partial charge in [-0.15, -0.1) is 0 Å². The lowest BCUT2D eigenvalue weighted by Gasteiger charge is -2.15. The zero-order chi connectivity index (χ0) is 22.0. The predicted octanol–water partition coefficient (Wildman–Crippen LogP) is 6.17. The number of benzene rings is 3. The van der Waals surface area contributed by atoms with Gasteiger partial charge in [-0.05, 0) is 84.2 Å². The summed E-state index contributed by atoms with van der Waals surface area (Å²) in [4.78, 5) is 0. The van der Waals surface area contributed by atoms with Crippen LogP contribution in [-0.2, 0) is 19.3 Å². The van der Waals surface area contributed by atoms with Crippen LogP contribution in [0.3, 0.4) is 0 Å². The maximum atomic E-state index is 11.1. The maximum Gasteiger partial charge on any atom is 0.122 e. The van der Waals surface area contributed by atoms with E-state index in [9.17, 15) is 15.3 Å². The van der Waals surface area contributed by atoms with Crippen molar-refractivity contribution in [2.45, 2.75) is 60.3 Å². The summed E-state index contributed by atoms with van der Waals surface area (Å²) in [5.41, 5.74) is 8.60. The normalized spacial score (nSPS) is 11.1. The van der Waals surface area contributed by atoms with Crippen molar-refractivity contribution in [3.8, 4) is 17.2 Å². The fraction of sp³-hybridized carbons (Fsp3) is 0.333. The van der Waals surface area contributed by atoms with Crippen LogP contribution in [0, 0.1) is 27.7 Å². The van der Waals surface area contributed by atoms with Gasteiger partial charge in [0.2, 0.25) is 0 Å². The van der Waals surface area contributed by atoms with Gasteiger partial charge in [-0.3, -0.25) is 0 Å². The molecule has 0 radical (unpaired) electrons. The molecule has 158 valence electrons. The van der Waals surface area contributed by atoms with E-state index in [4.69, 9.17) is 0 Å². The summed E-state index contributed by atoms with van der Waals surface area (Å²) in [6, 6.07) is 12.2. The Morgan fingerprint density at radius 2 is 0.900 bits per heavy atom. The van der Waals surface area contributed by atoms with Gasteiger partial charge in [-0.2, -0.15) is 0 Å². The Morgan fingerprint density at radius 1 is 0.533 bits per heavy atom. The van der Waals surface area contributed by atoms with Gasteiger partial charge in [0.25, 0.3) is 0 Å². The van der Waals surface area contributed by atoms with Crippen molar-refractivity contribution in [3.63, 3.8) is 0 Å². The van der Waals surface area contributed by atoms with Gasteiger partial charge < -0.3 is 15.3 Å². The van der Waals surface area contributed by atoms with Crippen molar-refractivity contribution in [3.05, 3.63) is 86.5 Å². The van der Waals surface area contributed by atoms with Crippen molar-refractivity contribution in [1.29, 1.82) is 0 Å². The third-order valence-corrected chi connectivity index (χ3v) is 5.76. The van der Waals surface area contributed by atoms with Crippen LogP contribution in [0.1, 0.15) is 63.4 Å². The fourth-order valence-corrected chi connectivity index (χ4v) is 4.27. The van der Waals surface area contributed by atoms with Gasteiger partial charge >= 0.3 is 0 Å². The van der Waals surface area contributed by atoms with Gasteiger partial charge in [0.1, 0.15) is 17.2 Å². The monoisotopic (exact) mass is 404 g/mol. The molecule has 0 spiro atoms. The molecule has 3 aromatic rings. The summed E-state index contributed by atoms with van der Waals surface area (Å²) in [7, 11) is 0. The summed E-state index contributed by atoms with van der Waals surface area (Å²) < 4.78 is 0. The Balaban J connectivity index is 2.01. The Morgan fingerprint density at radius 3 is 1.23 bits per heavy atom. The van der Waals surface area contributed by atoms with E-state index in [0.29, 0.717) is 30.1 Å². The lowest BCUT2D eigenvalue weighted by Crippen LogP contribution is -1.99. The number of aryl methyl sites for hydroxylation is 5. The minimum atomic E-state index is 0.335. The molecule has 0 bridgehead atoms. The molecule has 0 saturated heterocycles. The first-order chi connectivity index (χ1) is 14.2. The molecule has 3 aromatic carbocycles. The zero-order valence-corrected chi connectivity index (χ0v) is 18.6. The zero-order valence-electron chi connectivity index (χ0n) is 18.6. The van der Waals surface area contributed by atoms with E-state index in [2.05, 4.69) is 19.1 Å². The maximum absolute atomic E-state index is 11.1. The largest absolute Gasteiger partial charge is 0.507 e. The number of hydrogen-bond acceptors (Lipinski definition) is 3. The molecule has 0 aliphatic heterocycles. The molecule has 3 nitrogen and oxygen atoms in total. The molecule has 3 N–H and O–H groups in total. The summed E-state index contributed by atoms with van der Waals surface area (Å²) in [6.45, 7) is 9.77. The van der Waals surface area contributed by atoms with E-state index in [1.54, 1.807) is 0 Å². The summed E-state index contributed by atoms with van der Waals surface area (Å²) >= 11 is 0. The average Bonchev–Trinajstić information content (AvgIpc) is 2.68. The molecule has 0 unspecified atom stereocenters. The molecular formula is C27H32O3. The molecule has 0 saturated carbocycles. The van der Waals surface area contributed by atoms with E-state index in [1.807, 2.05) is 52.0 Å². The topological polar surface area (TPSA) is 60.7 Å². The van der Waals surface area contributed by atoms with E-state index in [0.717, 1.165) is 57.3 Å². The Kier molecular flexibility index (Phi) is 6.40. The second-order valence-corrected chi connectivity index (χ2v) is 8.52. The summed E-state index contributed by atoms with van der Waals surface area (Å²) in [6.07, 6.45) is 3.23. The van der Waals surface area contributed by atoms with Crippen LogP contribution in [0.4, 0.5) is 0 Å². The average molecular weight is 405 g/mol. The third kappa shape index (κ3) is 4.62. The van der Waals surface area contributed by atoms with Crippen molar-refractivity contribution < 1.29 is 15.3 Å². The van der Waals surface area contributed by atoms with Crippen molar-refractivity contribution in [2.24, 2.45) is 0 Å². The summed E-state index contributed by atoms with van der Waals surface area (Å²) in [5.74, 6) is 1.00. The number of hydrogen-bond donors (Lipinski definition) is 3. The SMILES string of the molecule is CCCc1cc(Cc2cc(C)c(O)c(C)c2)c(O)c(Cc2cc(C)c(O)c(C)c2)c1. The van der Waals surface area contributed by atoms with Crippen LogP contribution in [0.15, 0.2) is 36.4 Å². The Hall–Kier alpha value is -2.94. The Labute approximate surface area is 179 Å². The van der Waals surface area contributed by atoms with Crippen LogP contribution in [0.5, 0.6) is 17.2 Å². The molecule has 0 aromatic heterocycles. The first-order valence-corrected chi connectivity index (χ1v) is 10.6. The van der Waals surface area contributed by atoms with Crippen LogP contribution < -0.4 is 0 Å². The van der Waals surface area contributed by atoms with Gasteiger partial charge in [0, 0.05) is 12.8 Å². The fourth-order valence-electron chi connectivity index (χ4n) is 4.27. The molecule has 3 heteroatoms.